The number of hydrogen-bond acceptors (Lipinski definition) is 2. The zero-order valence-corrected chi connectivity index (χ0v) is 12.9. The summed E-state index contributed by atoms with van der Waals surface area (Å²) in [6, 6.07) is 0. The van der Waals surface area contributed by atoms with Gasteiger partial charge in [0.05, 0.1) is 11.0 Å². The molecule has 3 heteroatoms. The van der Waals surface area contributed by atoms with Gasteiger partial charge in [-0.3, -0.25) is 4.79 Å². The maximum atomic E-state index is 12.1. The van der Waals surface area contributed by atoms with Gasteiger partial charge >= 0.3 is 5.97 Å². The molecule has 0 aromatic heterocycles. The van der Waals surface area contributed by atoms with Crippen molar-refractivity contribution in [3.63, 3.8) is 0 Å². The molecule has 0 radical (unpaired) electrons. The number of carboxylic acids is 1. The standard InChI is InChI=1S/C17H28O3/c1-15(2)7-9-17(10-8-15,14(18)19)13-4-11-20-16(12-13)5-3-6-16/h13H,3-12H2,1-2H3,(H,18,19). The Morgan fingerprint density at radius 2 is 1.75 bits per heavy atom. The molecule has 2 saturated carbocycles. The lowest BCUT2D eigenvalue weighted by atomic mass is 9.56. The minimum atomic E-state index is -0.547. The molecule has 1 unspecified atom stereocenters. The van der Waals surface area contributed by atoms with Crippen LogP contribution in [0.15, 0.2) is 0 Å². The fourth-order valence-corrected chi connectivity index (χ4v) is 4.59. The number of hydrogen-bond donors (Lipinski definition) is 1. The second-order valence-electron chi connectivity index (χ2n) is 8.20. The van der Waals surface area contributed by atoms with Gasteiger partial charge in [-0.2, -0.15) is 0 Å². The first-order chi connectivity index (χ1) is 9.38. The van der Waals surface area contributed by atoms with Crippen LogP contribution in [-0.2, 0) is 9.53 Å². The summed E-state index contributed by atoms with van der Waals surface area (Å²) in [5.41, 5.74) is -0.0987. The van der Waals surface area contributed by atoms with Crippen molar-refractivity contribution in [2.75, 3.05) is 6.61 Å². The van der Waals surface area contributed by atoms with Crippen LogP contribution in [0.5, 0.6) is 0 Å². The minimum Gasteiger partial charge on any atom is -0.481 e. The normalized spacial score (nSPS) is 34.4. The molecular formula is C17H28O3. The molecule has 0 amide bonds. The van der Waals surface area contributed by atoms with Crippen LogP contribution in [-0.4, -0.2) is 23.3 Å². The molecule has 1 spiro atoms. The van der Waals surface area contributed by atoms with Crippen LogP contribution in [0.1, 0.15) is 71.6 Å². The van der Waals surface area contributed by atoms with E-state index in [2.05, 4.69) is 13.8 Å². The molecule has 1 heterocycles. The molecule has 20 heavy (non-hydrogen) atoms. The van der Waals surface area contributed by atoms with Gasteiger partial charge in [0.15, 0.2) is 0 Å². The van der Waals surface area contributed by atoms with E-state index in [0.29, 0.717) is 11.3 Å². The molecule has 0 aromatic rings. The summed E-state index contributed by atoms with van der Waals surface area (Å²) in [6.45, 7) is 5.31. The molecule has 3 nitrogen and oxygen atoms in total. The molecule has 0 bridgehead atoms. The van der Waals surface area contributed by atoms with Crippen molar-refractivity contribution >= 4 is 5.97 Å². The van der Waals surface area contributed by atoms with Crippen LogP contribution in [0.25, 0.3) is 0 Å². The fraction of sp³-hybridized carbons (Fsp3) is 0.941. The van der Waals surface area contributed by atoms with Gasteiger partial charge in [-0.1, -0.05) is 13.8 Å². The predicted molar refractivity (Wildman–Crippen MR) is 77.6 cm³/mol. The van der Waals surface area contributed by atoms with E-state index >= 15 is 0 Å². The zero-order valence-electron chi connectivity index (χ0n) is 12.9. The quantitative estimate of drug-likeness (QED) is 0.831. The van der Waals surface area contributed by atoms with E-state index in [1.807, 2.05) is 0 Å². The van der Waals surface area contributed by atoms with Crippen LogP contribution in [0.4, 0.5) is 0 Å². The monoisotopic (exact) mass is 280 g/mol. The molecule has 2 aliphatic carbocycles. The summed E-state index contributed by atoms with van der Waals surface area (Å²) in [4.78, 5) is 12.1. The summed E-state index contributed by atoms with van der Waals surface area (Å²) < 4.78 is 6.00. The Morgan fingerprint density at radius 1 is 1.10 bits per heavy atom. The van der Waals surface area contributed by atoms with Crippen LogP contribution in [0.2, 0.25) is 0 Å². The average molecular weight is 280 g/mol. The van der Waals surface area contributed by atoms with E-state index in [4.69, 9.17) is 4.74 Å². The first kappa shape index (κ1) is 14.4. The van der Waals surface area contributed by atoms with Crippen molar-refractivity contribution < 1.29 is 14.6 Å². The summed E-state index contributed by atoms with van der Waals surface area (Å²) in [5, 5.41) is 9.93. The van der Waals surface area contributed by atoms with E-state index in [0.717, 1.165) is 58.0 Å². The highest BCUT2D eigenvalue weighted by atomic mass is 16.5. The van der Waals surface area contributed by atoms with Crippen LogP contribution < -0.4 is 0 Å². The number of carboxylic acid groups (broad SMARTS) is 1. The van der Waals surface area contributed by atoms with Crippen molar-refractivity contribution in [3.8, 4) is 0 Å². The zero-order chi connectivity index (χ0) is 14.4. The molecule has 3 fully saturated rings. The van der Waals surface area contributed by atoms with Gasteiger partial charge in [0.2, 0.25) is 0 Å². The van der Waals surface area contributed by atoms with Crippen LogP contribution in [0, 0.1) is 16.7 Å². The van der Waals surface area contributed by atoms with Gasteiger partial charge < -0.3 is 9.84 Å². The first-order valence-corrected chi connectivity index (χ1v) is 8.25. The van der Waals surface area contributed by atoms with Crippen molar-refractivity contribution in [2.24, 2.45) is 16.7 Å². The molecule has 1 aliphatic heterocycles. The fourth-order valence-electron chi connectivity index (χ4n) is 4.59. The maximum absolute atomic E-state index is 12.1. The highest BCUT2D eigenvalue weighted by Gasteiger charge is 2.54. The smallest absolute Gasteiger partial charge is 0.309 e. The summed E-state index contributed by atoms with van der Waals surface area (Å²) in [7, 11) is 0. The van der Waals surface area contributed by atoms with Crippen LogP contribution in [0.3, 0.4) is 0 Å². The van der Waals surface area contributed by atoms with E-state index in [-0.39, 0.29) is 5.60 Å². The van der Waals surface area contributed by atoms with Gasteiger partial charge in [0, 0.05) is 6.61 Å². The van der Waals surface area contributed by atoms with E-state index in [9.17, 15) is 9.90 Å². The van der Waals surface area contributed by atoms with Crippen LogP contribution >= 0.6 is 0 Å². The average Bonchev–Trinajstić information content (AvgIpc) is 2.37. The van der Waals surface area contributed by atoms with E-state index < -0.39 is 11.4 Å². The first-order valence-electron chi connectivity index (χ1n) is 8.25. The lowest BCUT2D eigenvalue weighted by Crippen LogP contribution is -2.52. The lowest BCUT2D eigenvalue weighted by Gasteiger charge is -2.53. The Labute approximate surface area is 122 Å². The lowest BCUT2D eigenvalue weighted by molar-refractivity contribution is -0.182. The number of ether oxygens (including phenoxy) is 1. The van der Waals surface area contributed by atoms with Gasteiger partial charge in [-0.15, -0.1) is 0 Å². The van der Waals surface area contributed by atoms with E-state index in [1.165, 1.54) is 6.42 Å². The molecule has 1 N–H and O–H groups in total. The SMILES string of the molecule is CC1(C)CCC(C(=O)O)(C2CCOC3(CCC3)C2)CC1. The van der Waals surface area contributed by atoms with Crippen molar-refractivity contribution in [1.82, 2.24) is 0 Å². The molecular weight excluding hydrogens is 252 g/mol. The highest BCUT2D eigenvalue weighted by Crippen LogP contribution is 2.55. The van der Waals surface area contributed by atoms with Crippen molar-refractivity contribution in [3.05, 3.63) is 0 Å². The Kier molecular flexibility index (Phi) is 3.39. The maximum Gasteiger partial charge on any atom is 0.309 e. The number of carbonyl (C=O) groups is 1. The number of aliphatic carboxylic acids is 1. The van der Waals surface area contributed by atoms with Crippen molar-refractivity contribution in [2.45, 2.75) is 77.2 Å². The Morgan fingerprint density at radius 3 is 2.25 bits per heavy atom. The Bertz CT molecular complexity index is 385. The molecule has 114 valence electrons. The Hall–Kier alpha value is -0.570. The van der Waals surface area contributed by atoms with Gasteiger partial charge in [-0.05, 0) is 69.1 Å². The summed E-state index contributed by atoms with van der Waals surface area (Å²) in [6.07, 6.45) is 9.27. The minimum absolute atomic E-state index is 0.0539. The third kappa shape index (κ3) is 2.28. The molecule has 3 rings (SSSR count). The largest absolute Gasteiger partial charge is 0.481 e. The molecule has 0 aromatic carbocycles. The van der Waals surface area contributed by atoms with E-state index in [1.54, 1.807) is 0 Å². The van der Waals surface area contributed by atoms with Gasteiger partial charge in [0.25, 0.3) is 0 Å². The van der Waals surface area contributed by atoms with Gasteiger partial charge in [0.1, 0.15) is 0 Å². The third-order valence-electron chi connectivity index (χ3n) is 6.46. The highest BCUT2D eigenvalue weighted by molar-refractivity contribution is 5.75. The predicted octanol–water partition coefficient (Wildman–Crippen LogP) is 4.01. The molecule has 1 atom stereocenters. The van der Waals surface area contributed by atoms with Gasteiger partial charge in [-0.25, -0.2) is 0 Å². The summed E-state index contributed by atoms with van der Waals surface area (Å²) in [5.74, 6) is -0.223. The molecule has 1 saturated heterocycles. The second kappa shape index (κ2) is 4.72. The van der Waals surface area contributed by atoms with Crippen molar-refractivity contribution in [1.29, 1.82) is 0 Å². The molecule has 3 aliphatic rings. The number of rotatable bonds is 2. The third-order valence-corrected chi connectivity index (χ3v) is 6.46. The Balaban J connectivity index is 1.78. The summed E-state index contributed by atoms with van der Waals surface area (Å²) >= 11 is 0. The second-order valence-corrected chi connectivity index (χ2v) is 8.20. The topological polar surface area (TPSA) is 46.5 Å².